The summed E-state index contributed by atoms with van der Waals surface area (Å²) in [6.45, 7) is 4.22. The van der Waals surface area contributed by atoms with Gasteiger partial charge in [0, 0.05) is 12.1 Å². The van der Waals surface area contributed by atoms with E-state index in [0.29, 0.717) is 12.1 Å². The average Bonchev–Trinajstić information content (AvgIpc) is 2.57. The summed E-state index contributed by atoms with van der Waals surface area (Å²) in [5.41, 5.74) is 3.56. The fourth-order valence-corrected chi connectivity index (χ4v) is 2.37. The maximum atomic E-state index is 12.1. The number of ether oxygens (including phenoxy) is 1. The number of carbonyl (C=O) groups is 2. The fourth-order valence-electron chi connectivity index (χ4n) is 2.37. The van der Waals surface area contributed by atoms with Gasteiger partial charge in [-0.25, -0.2) is 0 Å². The lowest BCUT2D eigenvalue weighted by molar-refractivity contribution is -0.120. The molecule has 0 radical (unpaired) electrons. The van der Waals surface area contributed by atoms with E-state index < -0.39 is 0 Å². The second kappa shape index (κ2) is 8.15. The summed E-state index contributed by atoms with van der Waals surface area (Å²) in [6.07, 6.45) is 0. The number of methoxy groups -OCH3 is 1. The van der Waals surface area contributed by atoms with E-state index in [1.54, 1.807) is 19.2 Å². The van der Waals surface area contributed by atoms with Crippen molar-refractivity contribution in [3.63, 3.8) is 0 Å². The standard InChI is InChI=1S/C19H22N2O3/c1-13-8-14(2)10-16(9-13)19(23)21-12-18(22)20-11-15-4-6-17(24-3)7-5-15/h4-10H,11-12H2,1-3H3,(H,20,22)(H,21,23). The lowest BCUT2D eigenvalue weighted by Gasteiger charge is -2.09. The van der Waals surface area contributed by atoms with E-state index in [9.17, 15) is 9.59 Å². The van der Waals surface area contributed by atoms with Gasteiger partial charge in [-0.05, 0) is 43.7 Å². The third-order valence-corrected chi connectivity index (χ3v) is 3.54. The molecule has 2 rings (SSSR count). The number of amides is 2. The Morgan fingerprint density at radius 3 is 2.17 bits per heavy atom. The van der Waals surface area contributed by atoms with Gasteiger partial charge in [0.1, 0.15) is 5.75 Å². The Morgan fingerprint density at radius 2 is 1.58 bits per heavy atom. The Balaban J connectivity index is 1.80. The summed E-state index contributed by atoms with van der Waals surface area (Å²) < 4.78 is 5.08. The molecular formula is C19H22N2O3. The first-order valence-electron chi connectivity index (χ1n) is 7.74. The van der Waals surface area contributed by atoms with Crippen LogP contribution in [0.4, 0.5) is 0 Å². The molecule has 0 atom stereocenters. The Morgan fingerprint density at radius 1 is 0.958 bits per heavy atom. The summed E-state index contributed by atoms with van der Waals surface area (Å²) >= 11 is 0. The van der Waals surface area contributed by atoms with Gasteiger partial charge in [0.2, 0.25) is 5.91 Å². The molecule has 0 saturated carbocycles. The maximum absolute atomic E-state index is 12.1. The highest BCUT2D eigenvalue weighted by Crippen LogP contribution is 2.11. The number of hydrogen-bond acceptors (Lipinski definition) is 3. The second-order valence-corrected chi connectivity index (χ2v) is 5.68. The molecule has 0 bridgehead atoms. The molecule has 0 fully saturated rings. The van der Waals surface area contributed by atoms with Crippen LogP contribution in [0.5, 0.6) is 5.75 Å². The van der Waals surface area contributed by atoms with Crippen LogP contribution in [0.2, 0.25) is 0 Å². The molecule has 5 heteroatoms. The molecule has 2 aromatic carbocycles. The monoisotopic (exact) mass is 326 g/mol. The van der Waals surface area contributed by atoms with Crippen molar-refractivity contribution in [1.82, 2.24) is 10.6 Å². The van der Waals surface area contributed by atoms with E-state index in [1.807, 2.05) is 44.2 Å². The molecule has 0 aliphatic carbocycles. The molecule has 2 aromatic rings. The van der Waals surface area contributed by atoms with Crippen LogP contribution < -0.4 is 15.4 Å². The Hall–Kier alpha value is -2.82. The van der Waals surface area contributed by atoms with E-state index >= 15 is 0 Å². The van der Waals surface area contributed by atoms with Crippen molar-refractivity contribution in [2.75, 3.05) is 13.7 Å². The summed E-state index contributed by atoms with van der Waals surface area (Å²) in [4.78, 5) is 24.0. The van der Waals surface area contributed by atoms with Gasteiger partial charge in [-0.15, -0.1) is 0 Å². The number of hydrogen-bond donors (Lipinski definition) is 2. The molecule has 2 N–H and O–H groups in total. The van der Waals surface area contributed by atoms with Crippen LogP contribution in [-0.4, -0.2) is 25.5 Å². The van der Waals surface area contributed by atoms with Crippen molar-refractivity contribution in [3.05, 3.63) is 64.7 Å². The summed E-state index contributed by atoms with van der Waals surface area (Å²) in [6, 6.07) is 13.0. The van der Waals surface area contributed by atoms with Crippen LogP contribution in [0.25, 0.3) is 0 Å². The van der Waals surface area contributed by atoms with Gasteiger partial charge in [0.15, 0.2) is 0 Å². The van der Waals surface area contributed by atoms with Crippen molar-refractivity contribution in [3.8, 4) is 5.75 Å². The summed E-state index contributed by atoms with van der Waals surface area (Å²) in [7, 11) is 1.61. The molecule has 24 heavy (non-hydrogen) atoms. The lowest BCUT2D eigenvalue weighted by atomic mass is 10.1. The molecule has 0 saturated heterocycles. The van der Waals surface area contributed by atoms with Crippen LogP contribution in [0.1, 0.15) is 27.0 Å². The molecule has 126 valence electrons. The highest BCUT2D eigenvalue weighted by Gasteiger charge is 2.09. The predicted molar refractivity (Wildman–Crippen MR) is 93.1 cm³/mol. The minimum atomic E-state index is -0.249. The predicted octanol–water partition coefficient (Wildman–Crippen LogP) is 2.36. The van der Waals surface area contributed by atoms with Crippen molar-refractivity contribution in [1.29, 1.82) is 0 Å². The Labute approximate surface area is 142 Å². The molecule has 0 aliphatic heterocycles. The first kappa shape index (κ1) is 17.5. The highest BCUT2D eigenvalue weighted by atomic mass is 16.5. The number of rotatable bonds is 6. The molecule has 0 aliphatic rings. The number of nitrogens with one attached hydrogen (secondary N) is 2. The smallest absolute Gasteiger partial charge is 0.251 e. The Bertz CT molecular complexity index is 704. The van der Waals surface area contributed by atoms with Gasteiger partial charge >= 0.3 is 0 Å². The van der Waals surface area contributed by atoms with Gasteiger partial charge in [-0.3, -0.25) is 9.59 Å². The first-order chi connectivity index (χ1) is 11.5. The molecule has 0 heterocycles. The first-order valence-corrected chi connectivity index (χ1v) is 7.74. The topological polar surface area (TPSA) is 67.4 Å². The third-order valence-electron chi connectivity index (χ3n) is 3.54. The largest absolute Gasteiger partial charge is 0.497 e. The number of aryl methyl sites for hydroxylation is 2. The third kappa shape index (κ3) is 5.12. The van der Waals surface area contributed by atoms with E-state index in [2.05, 4.69) is 10.6 Å². The SMILES string of the molecule is COc1ccc(CNC(=O)CNC(=O)c2cc(C)cc(C)c2)cc1. The van der Waals surface area contributed by atoms with E-state index in [-0.39, 0.29) is 18.4 Å². The molecule has 0 unspecified atom stereocenters. The average molecular weight is 326 g/mol. The molecule has 5 nitrogen and oxygen atoms in total. The van der Waals surface area contributed by atoms with Crippen molar-refractivity contribution >= 4 is 11.8 Å². The van der Waals surface area contributed by atoms with E-state index in [4.69, 9.17) is 4.74 Å². The van der Waals surface area contributed by atoms with Crippen molar-refractivity contribution in [2.45, 2.75) is 20.4 Å². The van der Waals surface area contributed by atoms with Gasteiger partial charge < -0.3 is 15.4 Å². The zero-order valence-corrected chi connectivity index (χ0v) is 14.2. The maximum Gasteiger partial charge on any atom is 0.251 e. The minimum absolute atomic E-state index is 0.0536. The molecular weight excluding hydrogens is 304 g/mol. The van der Waals surface area contributed by atoms with Crippen LogP contribution >= 0.6 is 0 Å². The van der Waals surface area contributed by atoms with Gasteiger partial charge in [-0.1, -0.05) is 29.3 Å². The number of carbonyl (C=O) groups excluding carboxylic acids is 2. The van der Waals surface area contributed by atoms with E-state index in [1.165, 1.54) is 0 Å². The van der Waals surface area contributed by atoms with Crippen molar-refractivity contribution < 1.29 is 14.3 Å². The highest BCUT2D eigenvalue weighted by molar-refractivity contribution is 5.96. The van der Waals surface area contributed by atoms with Gasteiger partial charge in [0.25, 0.3) is 5.91 Å². The molecule has 2 amide bonds. The van der Waals surface area contributed by atoms with Gasteiger partial charge in [0.05, 0.1) is 13.7 Å². The normalized spacial score (nSPS) is 10.1. The quantitative estimate of drug-likeness (QED) is 0.856. The number of benzene rings is 2. The Kier molecular flexibility index (Phi) is 5.95. The summed E-state index contributed by atoms with van der Waals surface area (Å²) in [5.74, 6) is 0.288. The van der Waals surface area contributed by atoms with Crippen LogP contribution in [-0.2, 0) is 11.3 Å². The molecule has 0 aromatic heterocycles. The zero-order valence-electron chi connectivity index (χ0n) is 14.2. The lowest BCUT2D eigenvalue weighted by Crippen LogP contribution is -2.36. The van der Waals surface area contributed by atoms with Crippen molar-refractivity contribution in [2.24, 2.45) is 0 Å². The second-order valence-electron chi connectivity index (χ2n) is 5.68. The van der Waals surface area contributed by atoms with Gasteiger partial charge in [-0.2, -0.15) is 0 Å². The minimum Gasteiger partial charge on any atom is -0.497 e. The summed E-state index contributed by atoms with van der Waals surface area (Å²) in [5, 5.41) is 5.41. The van der Waals surface area contributed by atoms with Crippen LogP contribution in [0, 0.1) is 13.8 Å². The molecule has 0 spiro atoms. The van der Waals surface area contributed by atoms with Crippen LogP contribution in [0.15, 0.2) is 42.5 Å². The van der Waals surface area contributed by atoms with E-state index in [0.717, 1.165) is 22.4 Å². The fraction of sp³-hybridized carbons (Fsp3) is 0.263. The zero-order chi connectivity index (χ0) is 17.5. The van der Waals surface area contributed by atoms with Crippen LogP contribution in [0.3, 0.4) is 0 Å².